The molecule has 1 aliphatic rings. The van der Waals surface area contributed by atoms with Gasteiger partial charge in [-0.25, -0.2) is 0 Å². The average molecular weight is 286 g/mol. The summed E-state index contributed by atoms with van der Waals surface area (Å²) in [6.07, 6.45) is 3.36. The lowest BCUT2D eigenvalue weighted by Gasteiger charge is -2.38. The van der Waals surface area contributed by atoms with Crippen LogP contribution in [0.4, 0.5) is 0 Å². The van der Waals surface area contributed by atoms with E-state index in [9.17, 15) is 5.11 Å². The fourth-order valence-electron chi connectivity index (χ4n) is 3.05. The molecule has 4 nitrogen and oxygen atoms in total. The summed E-state index contributed by atoms with van der Waals surface area (Å²) < 4.78 is 5.73. The second-order valence-corrected chi connectivity index (χ2v) is 7.36. The van der Waals surface area contributed by atoms with Crippen LogP contribution < -0.4 is 5.32 Å². The summed E-state index contributed by atoms with van der Waals surface area (Å²) >= 11 is 0. The molecule has 20 heavy (non-hydrogen) atoms. The van der Waals surface area contributed by atoms with E-state index in [1.165, 1.54) is 6.42 Å². The SMILES string of the molecule is CC(C)NC(C)(CO)CCCCN1CCOC(C)(C)C1. The summed E-state index contributed by atoms with van der Waals surface area (Å²) in [5, 5.41) is 13.0. The lowest BCUT2D eigenvalue weighted by Crippen LogP contribution is -2.49. The van der Waals surface area contributed by atoms with Gasteiger partial charge < -0.3 is 15.2 Å². The summed E-state index contributed by atoms with van der Waals surface area (Å²) in [5.41, 5.74) is -0.143. The number of morpholine rings is 1. The highest BCUT2D eigenvalue weighted by Crippen LogP contribution is 2.18. The third kappa shape index (κ3) is 6.53. The molecule has 120 valence electrons. The highest BCUT2D eigenvalue weighted by atomic mass is 16.5. The lowest BCUT2D eigenvalue weighted by atomic mass is 9.94. The first-order valence-corrected chi connectivity index (χ1v) is 8.01. The van der Waals surface area contributed by atoms with Crippen LogP contribution in [0, 0.1) is 0 Å². The van der Waals surface area contributed by atoms with Crippen LogP contribution in [0.2, 0.25) is 0 Å². The van der Waals surface area contributed by atoms with Gasteiger partial charge in [0, 0.05) is 24.7 Å². The lowest BCUT2D eigenvalue weighted by molar-refractivity contribution is -0.0861. The number of unbranched alkanes of at least 4 members (excludes halogenated alkanes) is 1. The monoisotopic (exact) mass is 286 g/mol. The Labute approximate surface area is 124 Å². The standard InChI is InChI=1S/C16H34N2O2/c1-14(2)17-16(5,13-19)8-6-7-9-18-10-11-20-15(3,4)12-18/h14,17,19H,6-13H2,1-5H3. The number of hydrogen-bond donors (Lipinski definition) is 2. The molecule has 0 bridgehead atoms. The largest absolute Gasteiger partial charge is 0.394 e. The molecule has 0 aliphatic carbocycles. The van der Waals surface area contributed by atoms with Gasteiger partial charge in [0.1, 0.15) is 0 Å². The summed E-state index contributed by atoms with van der Waals surface area (Å²) in [7, 11) is 0. The van der Waals surface area contributed by atoms with Crippen LogP contribution in [0.25, 0.3) is 0 Å². The van der Waals surface area contributed by atoms with Crippen LogP contribution in [0.5, 0.6) is 0 Å². The van der Waals surface area contributed by atoms with Crippen molar-refractivity contribution in [3.63, 3.8) is 0 Å². The smallest absolute Gasteiger partial charge is 0.0753 e. The summed E-state index contributed by atoms with van der Waals surface area (Å²) in [6.45, 7) is 14.9. The molecule has 0 amide bonds. The van der Waals surface area contributed by atoms with Gasteiger partial charge >= 0.3 is 0 Å². The third-order valence-electron chi connectivity index (χ3n) is 3.94. The van der Waals surface area contributed by atoms with Gasteiger partial charge in [0.25, 0.3) is 0 Å². The molecule has 0 saturated carbocycles. The van der Waals surface area contributed by atoms with Crippen LogP contribution in [-0.4, -0.2) is 60.0 Å². The van der Waals surface area contributed by atoms with Gasteiger partial charge in [-0.05, 0) is 40.2 Å². The van der Waals surface area contributed by atoms with Crippen LogP contribution in [-0.2, 0) is 4.74 Å². The van der Waals surface area contributed by atoms with Crippen molar-refractivity contribution in [3.8, 4) is 0 Å². The normalized spacial score (nSPS) is 22.9. The fraction of sp³-hybridized carbons (Fsp3) is 1.00. The Balaban J connectivity index is 2.23. The van der Waals surface area contributed by atoms with Gasteiger partial charge in [-0.15, -0.1) is 0 Å². The predicted molar refractivity (Wildman–Crippen MR) is 84.1 cm³/mol. The Kier molecular flexibility index (Phi) is 6.92. The van der Waals surface area contributed by atoms with E-state index in [1.54, 1.807) is 0 Å². The van der Waals surface area contributed by atoms with Crippen LogP contribution in [0.15, 0.2) is 0 Å². The minimum Gasteiger partial charge on any atom is -0.394 e. The van der Waals surface area contributed by atoms with Gasteiger partial charge in [-0.3, -0.25) is 4.90 Å². The predicted octanol–water partition coefficient (Wildman–Crippen LogP) is 2.02. The molecule has 1 atom stereocenters. The van der Waals surface area contributed by atoms with Gasteiger partial charge in [-0.1, -0.05) is 20.3 Å². The number of ether oxygens (including phenoxy) is 1. The highest BCUT2D eigenvalue weighted by molar-refractivity contribution is 4.84. The minimum absolute atomic E-state index is 0.00292. The van der Waals surface area contributed by atoms with Crippen molar-refractivity contribution in [2.75, 3.05) is 32.8 Å². The van der Waals surface area contributed by atoms with E-state index in [1.807, 2.05) is 0 Å². The van der Waals surface area contributed by atoms with Crippen molar-refractivity contribution in [1.29, 1.82) is 0 Å². The summed E-state index contributed by atoms with van der Waals surface area (Å²) in [5.74, 6) is 0. The zero-order chi connectivity index (χ0) is 15.2. The zero-order valence-electron chi connectivity index (χ0n) is 14.0. The van der Waals surface area contributed by atoms with E-state index in [4.69, 9.17) is 4.74 Å². The second kappa shape index (κ2) is 7.74. The molecule has 0 aromatic heterocycles. The van der Waals surface area contributed by atoms with Gasteiger partial charge in [0.2, 0.25) is 0 Å². The van der Waals surface area contributed by atoms with Gasteiger partial charge in [0.15, 0.2) is 0 Å². The topological polar surface area (TPSA) is 44.7 Å². The molecule has 0 radical (unpaired) electrons. The van der Waals surface area contributed by atoms with E-state index in [0.717, 1.165) is 39.1 Å². The Bertz CT molecular complexity index is 282. The maximum Gasteiger partial charge on any atom is 0.0753 e. The minimum atomic E-state index is -0.140. The van der Waals surface area contributed by atoms with Crippen molar-refractivity contribution in [2.24, 2.45) is 0 Å². The number of aliphatic hydroxyl groups excluding tert-OH is 1. The molecule has 0 spiro atoms. The Morgan fingerprint density at radius 1 is 1.35 bits per heavy atom. The first-order valence-electron chi connectivity index (χ1n) is 8.01. The molecule has 2 N–H and O–H groups in total. The van der Waals surface area contributed by atoms with Crippen molar-refractivity contribution < 1.29 is 9.84 Å². The number of nitrogens with one attached hydrogen (secondary N) is 1. The van der Waals surface area contributed by atoms with Crippen LogP contribution in [0.1, 0.15) is 53.9 Å². The van der Waals surface area contributed by atoms with E-state index < -0.39 is 0 Å². The molecule has 1 saturated heterocycles. The van der Waals surface area contributed by atoms with E-state index in [0.29, 0.717) is 6.04 Å². The van der Waals surface area contributed by atoms with Crippen LogP contribution >= 0.6 is 0 Å². The van der Waals surface area contributed by atoms with Crippen molar-refractivity contribution in [1.82, 2.24) is 10.2 Å². The maximum atomic E-state index is 9.56. The Morgan fingerprint density at radius 2 is 2.05 bits per heavy atom. The Morgan fingerprint density at radius 3 is 2.60 bits per heavy atom. The van der Waals surface area contributed by atoms with E-state index in [2.05, 4.69) is 44.8 Å². The molecule has 4 heteroatoms. The zero-order valence-corrected chi connectivity index (χ0v) is 14.0. The number of rotatable bonds is 8. The summed E-state index contributed by atoms with van der Waals surface area (Å²) in [4.78, 5) is 2.50. The maximum absolute atomic E-state index is 9.56. The van der Waals surface area contributed by atoms with Crippen molar-refractivity contribution in [2.45, 2.75) is 71.1 Å². The molecule has 1 rings (SSSR count). The number of hydrogen-bond acceptors (Lipinski definition) is 4. The number of nitrogens with zero attached hydrogens (tertiary/aromatic N) is 1. The molecule has 1 aliphatic heterocycles. The fourth-order valence-corrected chi connectivity index (χ4v) is 3.05. The first kappa shape index (κ1) is 17.9. The third-order valence-corrected chi connectivity index (χ3v) is 3.94. The molecular formula is C16H34N2O2. The van der Waals surface area contributed by atoms with Crippen molar-refractivity contribution in [3.05, 3.63) is 0 Å². The molecule has 0 aromatic rings. The molecule has 1 unspecified atom stereocenters. The van der Waals surface area contributed by atoms with Crippen LogP contribution in [0.3, 0.4) is 0 Å². The van der Waals surface area contributed by atoms with Gasteiger partial charge in [0.05, 0.1) is 18.8 Å². The molecule has 1 fully saturated rings. The van der Waals surface area contributed by atoms with Gasteiger partial charge in [-0.2, -0.15) is 0 Å². The highest BCUT2D eigenvalue weighted by Gasteiger charge is 2.27. The molecule has 0 aromatic carbocycles. The first-order chi connectivity index (χ1) is 9.26. The van der Waals surface area contributed by atoms with E-state index >= 15 is 0 Å². The number of aliphatic hydroxyl groups is 1. The summed E-state index contributed by atoms with van der Waals surface area (Å²) in [6, 6.07) is 0.409. The molecule has 1 heterocycles. The second-order valence-electron chi connectivity index (χ2n) is 7.36. The quantitative estimate of drug-likeness (QED) is 0.670. The van der Waals surface area contributed by atoms with E-state index in [-0.39, 0.29) is 17.7 Å². The Hall–Kier alpha value is -0.160. The van der Waals surface area contributed by atoms with Crippen molar-refractivity contribution >= 4 is 0 Å². The average Bonchev–Trinajstić information content (AvgIpc) is 2.33. The molecular weight excluding hydrogens is 252 g/mol.